The van der Waals surface area contributed by atoms with Crippen LogP contribution in [0.2, 0.25) is 5.02 Å². The average Bonchev–Trinajstić information content (AvgIpc) is 2.97. The van der Waals surface area contributed by atoms with Crippen LogP contribution in [-0.2, 0) is 6.54 Å². The zero-order valence-corrected chi connectivity index (χ0v) is 14.4. The maximum absolute atomic E-state index is 6.43. The molecule has 0 spiro atoms. The van der Waals surface area contributed by atoms with E-state index in [0.717, 1.165) is 23.8 Å². The maximum atomic E-state index is 6.43. The van der Waals surface area contributed by atoms with Gasteiger partial charge in [0.25, 0.3) is 0 Å². The molecule has 6 heteroatoms. The van der Waals surface area contributed by atoms with Crippen molar-refractivity contribution in [3.8, 4) is 0 Å². The Balaban J connectivity index is 2.26. The molecule has 1 aliphatic rings. The third kappa shape index (κ3) is 3.32. The van der Waals surface area contributed by atoms with Crippen molar-refractivity contribution in [3.63, 3.8) is 0 Å². The number of hydrogen-bond acceptors (Lipinski definition) is 4. The molecule has 1 aromatic heterocycles. The van der Waals surface area contributed by atoms with Crippen molar-refractivity contribution in [2.75, 3.05) is 33.4 Å². The van der Waals surface area contributed by atoms with E-state index in [1.54, 1.807) is 6.20 Å². The Morgan fingerprint density at radius 2 is 2.35 bits per heavy atom. The minimum Gasteiger partial charge on any atom is -0.311 e. The lowest BCUT2D eigenvalue weighted by Gasteiger charge is -2.34. The fourth-order valence-corrected chi connectivity index (χ4v) is 4.58. The molecular weight excluding hydrogens is 292 g/mol. The summed E-state index contributed by atoms with van der Waals surface area (Å²) < 4.78 is 2.27. The summed E-state index contributed by atoms with van der Waals surface area (Å²) in [7, 11) is 6.18. The Bertz CT molecular complexity index is 440. The molecule has 2 unspecified atom stereocenters. The van der Waals surface area contributed by atoms with Crippen LogP contribution in [0.3, 0.4) is 0 Å². The summed E-state index contributed by atoms with van der Waals surface area (Å²) in [6, 6.07) is 0.243. The van der Waals surface area contributed by atoms with Gasteiger partial charge in [-0.3, -0.25) is 4.68 Å². The van der Waals surface area contributed by atoms with Gasteiger partial charge in [0.2, 0.25) is 0 Å². The summed E-state index contributed by atoms with van der Waals surface area (Å²) >= 11 is 8.47. The molecule has 4 nitrogen and oxygen atoms in total. The van der Waals surface area contributed by atoms with Crippen LogP contribution in [0.15, 0.2) is 6.20 Å². The molecule has 0 aliphatic carbocycles. The quantitative estimate of drug-likeness (QED) is 0.874. The zero-order chi connectivity index (χ0) is 14.8. The molecule has 20 heavy (non-hydrogen) atoms. The zero-order valence-electron chi connectivity index (χ0n) is 12.8. The summed E-state index contributed by atoms with van der Waals surface area (Å²) in [6.07, 6.45) is 4.28. The second-order valence-corrected chi connectivity index (χ2v) is 7.93. The number of nitrogens with one attached hydrogen (secondary N) is 1. The van der Waals surface area contributed by atoms with Gasteiger partial charge in [0.05, 0.1) is 29.5 Å². The van der Waals surface area contributed by atoms with Crippen LogP contribution in [0.5, 0.6) is 0 Å². The molecule has 1 aromatic rings. The topological polar surface area (TPSA) is 33.1 Å². The van der Waals surface area contributed by atoms with Crippen LogP contribution in [0.25, 0.3) is 0 Å². The minimum atomic E-state index is 0.203. The van der Waals surface area contributed by atoms with Crippen LogP contribution < -0.4 is 5.32 Å². The maximum Gasteiger partial charge on any atom is 0.0834 e. The summed E-state index contributed by atoms with van der Waals surface area (Å²) in [5.41, 5.74) is 1.13. The highest BCUT2D eigenvalue weighted by molar-refractivity contribution is 8.00. The minimum absolute atomic E-state index is 0.203. The third-order valence-electron chi connectivity index (χ3n) is 4.01. The lowest BCUT2D eigenvalue weighted by molar-refractivity contribution is 0.352. The predicted molar refractivity (Wildman–Crippen MR) is 87.7 cm³/mol. The smallest absolute Gasteiger partial charge is 0.0834 e. The molecule has 0 saturated carbocycles. The first-order valence-electron chi connectivity index (χ1n) is 7.15. The molecule has 0 aromatic carbocycles. The number of likely N-dealkylation sites (N-methyl/N-ethyl adjacent to an activating group) is 1. The number of hydrogen-bond donors (Lipinski definition) is 1. The van der Waals surface area contributed by atoms with Crippen molar-refractivity contribution in [1.29, 1.82) is 0 Å². The van der Waals surface area contributed by atoms with Gasteiger partial charge in [0, 0.05) is 11.3 Å². The Kier molecular flexibility index (Phi) is 5.40. The van der Waals surface area contributed by atoms with Crippen molar-refractivity contribution in [2.24, 2.45) is 0 Å². The summed E-state index contributed by atoms with van der Waals surface area (Å²) in [5.74, 6) is 1.23. The molecule has 2 atom stereocenters. The van der Waals surface area contributed by atoms with Gasteiger partial charge in [-0.25, -0.2) is 0 Å². The highest BCUT2D eigenvalue weighted by Gasteiger charge is 2.40. The Morgan fingerprint density at radius 1 is 1.60 bits per heavy atom. The van der Waals surface area contributed by atoms with Crippen LogP contribution in [0, 0.1) is 0 Å². The first kappa shape index (κ1) is 16.1. The number of halogens is 1. The lowest BCUT2D eigenvalue weighted by Crippen LogP contribution is -2.38. The van der Waals surface area contributed by atoms with E-state index >= 15 is 0 Å². The van der Waals surface area contributed by atoms with E-state index in [1.807, 2.05) is 18.8 Å². The van der Waals surface area contributed by atoms with Crippen molar-refractivity contribution in [2.45, 2.75) is 37.1 Å². The largest absolute Gasteiger partial charge is 0.311 e. The average molecular weight is 317 g/mol. The first-order chi connectivity index (χ1) is 9.48. The Labute approximate surface area is 131 Å². The summed E-state index contributed by atoms with van der Waals surface area (Å²) in [6.45, 7) is 4.17. The fraction of sp³-hybridized carbons (Fsp3) is 0.786. The molecular formula is C14H25ClN4S. The molecule has 1 aliphatic heterocycles. The molecule has 0 bridgehead atoms. The van der Waals surface area contributed by atoms with Crippen LogP contribution in [0.1, 0.15) is 31.5 Å². The summed E-state index contributed by atoms with van der Waals surface area (Å²) in [5, 5.41) is 8.72. The van der Waals surface area contributed by atoms with Gasteiger partial charge in [-0.2, -0.15) is 16.9 Å². The number of nitrogens with zero attached hydrogens (tertiary/aromatic N) is 3. The standard InChI is InChI=1S/C14H25ClN4S/c1-14(6-5-9-20-14)13(16-2)12-11(15)10-17-19(12)8-7-18(3)4/h10,13,16H,5-9H2,1-4H3. The molecule has 2 rings (SSSR count). The van der Waals surface area contributed by atoms with E-state index in [0.29, 0.717) is 0 Å². The molecule has 2 heterocycles. The van der Waals surface area contributed by atoms with Crippen LogP contribution in [-0.4, -0.2) is 52.9 Å². The van der Waals surface area contributed by atoms with Gasteiger partial charge >= 0.3 is 0 Å². The van der Waals surface area contributed by atoms with Crippen molar-refractivity contribution < 1.29 is 0 Å². The molecule has 0 amide bonds. The summed E-state index contributed by atoms with van der Waals surface area (Å²) in [4.78, 5) is 2.17. The van der Waals surface area contributed by atoms with E-state index in [4.69, 9.17) is 11.6 Å². The van der Waals surface area contributed by atoms with Gasteiger partial charge in [-0.1, -0.05) is 11.6 Å². The second kappa shape index (κ2) is 6.69. The molecule has 1 fully saturated rings. The Hall–Kier alpha value is -0.230. The number of thioether (sulfide) groups is 1. The normalized spacial score (nSPS) is 24.5. The highest BCUT2D eigenvalue weighted by Crippen LogP contribution is 2.47. The number of aromatic nitrogens is 2. The predicted octanol–water partition coefficient (Wildman–Crippen LogP) is 2.64. The van der Waals surface area contributed by atoms with Gasteiger partial charge in [-0.15, -0.1) is 0 Å². The van der Waals surface area contributed by atoms with Crippen LogP contribution in [0.4, 0.5) is 0 Å². The second-order valence-electron chi connectivity index (χ2n) is 5.89. The van der Waals surface area contributed by atoms with Gasteiger partial charge in [0.1, 0.15) is 0 Å². The van der Waals surface area contributed by atoms with Crippen LogP contribution >= 0.6 is 23.4 Å². The van der Waals surface area contributed by atoms with Crippen molar-refractivity contribution >= 4 is 23.4 Å². The Morgan fingerprint density at radius 3 is 2.90 bits per heavy atom. The van der Waals surface area contributed by atoms with E-state index < -0.39 is 0 Å². The molecule has 1 saturated heterocycles. The lowest BCUT2D eigenvalue weighted by atomic mass is 9.93. The van der Waals surface area contributed by atoms with Gasteiger partial charge in [0.15, 0.2) is 0 Å². The molecule has 0 radical (unpaired) electrons. The van der Waals surface area contributed by atoms with Crippen molar-refractivity contribution in [3.05, 3.63) is 16.9 Å². The fourth-order valence-electron chi connectivity index (χ4n) is 2.89. The van der Waals surface area contributed by atoms with E-state index in [-0.39, 0.29) is 10.8 Å². The monoisotopic (exact) mass is 316 g/mol. The van der Waals surface area contributed by atoms with E-state index in [2.05, 4.69) is 41.0 Å². The highest BCUT2D eigenvalue weighted by atomic mass is 35.5. The third-order valence-corrected chi connectivity index (χ3v) is 5.90. The molecule has 114 valence electrons. The molecule has 1 N–H and O–H groups in total. The van der Waals surface area contributed by atoms with Gasteiger partial charge < -0.3 is 10.2 Å². The first-order valence-corrected chi connectivity index (χ1v) is 8.51. The van der Waals surface area contributed by atoms with Crippen molar-refractivity contribution in [1.82, 2.24) is 20.0 Å². The van der Waals surface area contributed by atoms with Gasteiger partial charge in [-0.05, 0) is 46.7 Å². The SMILES string of the molecule is CNC(c1c(Cl)cnn1CCN(C)C)C1(C)CCCS1. The number of rotatable bonds is 6. The van der Waals surface area contributed by atoms with E-state index in [1.165, 1.54) is 18.6 Å². The van der Waals surface area contributed by atoms with E-state index in [9.17, 15) is 0 Å².